The number of anilines is 1. The highest BCUT2D eigenvalue weighted by Gasteiger charge is 2.07. The van der Waals surface area contributed by atoms with Gasteiger partial charge in [0.05, 0.1) is 12.6 Å². The molecular weight excluding hydrogens is 380 g/mol. The number of thioether (sulfide) groups is 1. The van der Waals surface area contributed by atoms with E-state index >= 15 is 0 Å². The molecule has 4 nitrogen and oxygen atoms in total. The van der Waals surface area contributed by atoms with Crippen molar-refractivity contribution in [2.75, 3.05) is 12.4 Å². The molecule has 0 fully saturated rings. The van der Waals surface area contributed by atoms with Gasteiger partial charge in [0.25, 0.3) is 5.91 Å². The van der Waals surface area contributed by atoms with E-state index in [4.69, 9.17) is 4.74 Å². The van der Waals surface area contributed by atoms with E-state index in [9.17, 15) is 4.79 Å². The highest BCUT2D eigenvalue weighted by Crippen LogP contribution is 2.29. The van der Waals surface area contributed by atoms with E-state index in [-0.39, 0.29) is 5.91 Å². The van der Waals surface area contributed by atoms with Gasteiger partial charge in [-0.05, 0) is 54.1 Å². The lowest BCUT2D eigenvalue weighted by atomic mass is 10.1. The molecule has 0 spiro atoms. The first kappa shape index (κ1) is 19.0. The van der Waals surface area contributed by atoms with Gasteiger partial charge in [-0.25, -0.2) is 0 Å². The first-order chi connectivity index (χ1) is 14.2. The number of para-hydroxylation sites is 1. The van der Waals surface area contributed by atoms with Crippen LogP contribution in [0.1, 0.15) is 15.9 Å². The number of aromatic nitrogens is 1. The van der Waals surface area contributed by atoms with E-state index < -0.39 is 0 Å². The van der Waals surface area contributed by atoms with Crippen LogP contribution in [0.4, 0.5) is 5.69 Å². The lowest BCUT2D eigenvalue weighted by molar-refractivity contribution is 0.102. The Kier molecular flexibility index (Phi) is 5.77. The maximum absolute atomic E-state index is 12.4. The Morgan fingerprint density at radius 3 is 2.48 bits per heavy atom. The van der Waals surface area contributed by atoms with Crippen LogP contribution in [0.2, 0.25) is 0 Å². The average Bonchev–Trinajstić information content (AvgIpc) is 2.78. The summed E-state index contributed by atoms with van der Waals surface area (Å²) in [5.74, 6) is 1.44. The minimum atomic E-state index is -0.132. The number of ether oxygens (including phenoxy) is 1. The summed E-state index contributed by atoms with van der Waals surface area (Å²) in [6, 6.07) is 25.2. The first-order valence-corrected chi connectivity index (χ1v) is 10.2. The number of hydrogen-bond donors (Lipinski definition) is 1. The molecule has 0 radical (unpaired) electrons. The van der Waals surface area contributed by atoms with Gasteiger partial charge in [0, 0.05) is 33.5 Å². The van der Waals surface area contributed by atoms with Crippen LogP contribution >= 0.6 is 11.8 Å². The Morgan fingerprint density at radius 2 is 1.72 bits per heavy atom. The van der Waals surface area contributed by atoms with Gasteiger partial charge in [0.2, 0.25) is 0 Å². The molecule has 0 unspecified atom stereocenters. The summed E-state index contributed by atoms with van der Waals surface area (Å²) in [5, 5.41) is 4.04. The number of methoxy groups -OCH3 is 1. The minimum Gasteiger partial charge on any atom is -0.497 e. The Bertz CT molecular complexity index is 1120. The van der Waals surface area contributed by atoms with Crippen molar-refractivity contribution in [3.05, 3.63) is 96.2 Å². The monoisotopic (exact) mass is 400 g/mol. The van der Waals surface area contributed by atoms with Crippen molar-refractivity contribution in [2.24, 2.45) is 0 Å². The third-order valence-corrected chi connectivity index (χ3v) is 5.67. The summed E-state index contributed by atoms with van der Waals surface area (Å²) in [7, 11) is 1.62. The van der Waals surface area contributed by atoms with Gasteiger partial charge < -0.3 is 10.1 Å². The van der Waals surface area contributed by atoms with Crippen LogP contribution in [0.15, 0.2) is 90.0 Å². The number of rotatable bonds is 6. The molecule has 5 heteroatoms. The molecule has 4 rings (SSSR count). The van der Waals surface area contributed by atoms with Crippen LogP contribution < -0.4 is 10.1 Å². The fraction of sp³-hybridized carbons (Fsp3) is 0.0833. The van der Waals surface area contributed by atoms with E-state index in [2.05, 4.69) is 34.6 Å². The molecule has 0 saturated carbocycles. The summed E-state index contributed by atoms with van der Waals surface area (Å²) in [5.41, 5.74) is 3.54. The minimum absolute atomic E-state index is 0.132. The molecule has 1 heterocycles. The molecule has 0 aliphatic carbocycles. The van der Waals surface area contributed by atoms with Gasteiger partial charge in [0.1, 0.15) is 5.75 Å². The van der Waals surface area contributed by atoms with Gasteiger partial charge >= 0.3 is 0 Å². The molecule has 1 N–H and O–H groups in total. The Hall–Kier alpha value is -3.31. The van der Waals surface area contributed by atoms with Crippen molar-refractivity contribution < 1.29 is 9.53 Å². The summed E-state index contributed by atoms with van der Waals surface area (Å²) in [4.78, 5) is 18.1. The summed E-state index contributed by atoms with van der Waals surface area (Å²) >= 11 is 1.75. The maximum Gasteiger partial charge on any atom is 0.255 e. The quantitative estimate of drug-likeness (QED) is 0.416. The highest BCUT2D eigenvalue weighted by atomic mass is 32.2. The fourth-order valence-electron chi connectivity index (χ4n) is 2.98. The number of fused-ring (bicyclic) bond motifs is 1. The molecule has 0 atom stereocenters. The molecule has 144 valence electrons. The van der Waals surface area contributed by atoms with E-state index in [0.717, 1.165) is 38.6 Å². The molecular formula is C24H20N2O2S. The normalized spacial score (nSPS) is 10.7. The topological polar surface area (TPSA) is 51.2 Å². The third kappa shape index (κ3) is 4.58. The van der Waals surface area contributed by atoms with Crippen molar-refractivity contribution in [1.82, 2.24) is 4.98 Å². The van der Waals surface area contributed by atoms with Crippen molar-refractivity contribution in [1.29, 1.82) is 0 Å². The highest BCUT2D eigenvalue weighted by molar-refractivity contribution is 7.98. The molecule has 0 bridgehead atoms. The van der Waals surface area contributed by atoms with Gasteiger partial charge in [-0.1, -0.05) is 30.3 Å². The predicted molar refractivity (Wildman–Crippen MR) is 119 cm³/mol. The lowest BCUT2D eigenvalue weighted by Gasteiger charge is -2.08. The predicted octanol–water partition coefficient (Wildman–Crippen LogP) is 5.79. The van der Waals surface area contributed by atoms with Crippen LogP contribution in [0.3, 0.4) is 0 Å². The van der Waals surface area contributed by atoms with E-state index in [1.165, 1.54) is 0 Å². The van der Waals surface area contributed by atoms with Crippen molar-refractivity contribution in [3.8, 4) is 5.75 Å². The van der Waals surface area contributed by atoms with Crippen molar-refractivity contribution >= 4 is 34.3 Å². The number of carbonyl (C=O) groups is 1. The second-order valence-electron chi connectivity index (χ2n) is 6.50. The summed E-state index contributed by atoms with van der Waals surface area (Å²) in [6.45, 7) is 0. The third-order valence-electron chi connectivity index (χ3n) is 4.55. The molecule has 3 aromatic carbocycles. The first-order valence-electron chi connectivity index (χ1n) is 9.24. The zero-order valence-corrected chi connectivity index (χ0v) is 16.8. The number of nitrogens with zero attached hydrogens (tertiary/aromatic N) is 1. The van der Waals surface area contributed by atoms with Gasteiger partial charge in [-0.2, -0.15) is 0 Å². The zero-order chi connectivity index (χ0) is 20.1. The van der Waals surface area contributed by atoms with Gasteiger partial charge in [-0.15, -0.1) is 11.8 Å². The number of benzene rings is 3. The van der Waals surface area contributed by atoms with Crippen LogP contribution in [-0.4, -0.2) is 18.0 Å². The van der Waals surface area contributed by atoms with Crippen molar-refractivity contribution in [2.45, 2.75) is 10.6 Å². The Morgan fingerprint density at radius 1 is 0.966 bits per heavy atom. The number of amides is 1. The van der Waals surface area contributed by atoms with Crippen LogP contribution in [-0.2, 0) is 5.75 Å². The molecule has 0 saturated heterocycles. The number of hydrogen-bond acceptors (Lipinski definition) is 4. The molecule has 29 heavy (non-hydrogen) atoms. The van der Waals surface area contributed by atoms with Crippen LogP contribution in [0.25, 0.3) is 10.9 Å². The molecule has 4 aromatic rings. The summed E-state index contributed by atoms with van der Waals surface area (Å²) in [6.07, 6.45) is 1.82. The van der Waals surface area contributed by atoms with Gasteiger partial charge in [0.15, 0.2) is 0 Å². The summed E-state index contributed by atoms with van der Waals surface area (Å²) < 4.78 is 5.13. The SMILES string of the molecule is COc1ccc(NC(=O)c2ccc(CSc3cccc4cccnc34)cc2)cc1. The number of nitrogens with one attached hydrogen (secondary N) is 1. The smallest absolute Gasteiger partial charge is 0.255 e. The van der Waals surface area contributed by atoms with Gasteiger partial charge in [-0.3, -0.25) is 9.78 Å². The number of carbonyl (C=O) groups excluding carboxylic acids is 1. The van der Waals surface area contributed by atoms with E-state index in [0.29, 0.717) is 5.56 Å². The lowest BCUT2D eigenvalue weighted by Crippen LogP contribution is -2.11. The van der Waals surface area contributed by atoms with Crippen LogP contribution in [0.5, 0.6) is 5.75 Å². The fourth-order valence-corrected chi connectivity index (χ4v) is 3.98. The van der Waals surface area contributed by atoms with Crippen molar-refractivity contribution in [3.63, 3.8) is 0 Å². The number of pyridine rings is 1. The average molecular weight is 401 g/mol. The zero-order valence-electron chi connectivity index (χ0n) is 16.0. The second-order valence-corrected chi connectivity index (χ2v) is 7.52. The molecule has 0 aliphatic rings. The van der Waals surface area contributed by atoms with E-state index in [1.807, 2.05) is 60.8 Å². The molecule has 1 aromatic heterocycles. The van der Waals surface area contributed by atoms with E-state index in [1.54, 1.807) is 18.9 Å². The Balaban J connectivity index is 1.40. The standard InChI is InChI=1S/C24H20N2O2S/c1-28-21-13-11-20(12-14-21)26-24(27)19-9-7-17(8-10-19)16-29-22-6-2-4-18-5-3-15-25-23(18)22/h2-15H,16H2,1H3,(H,26,27). The largest absolute Gasteiger partial charge is 0.497 e. The molecule has 0 aliphatic heterocycles. The molecule has 1 amide bonds. The van der Waals surface area contributed by atoms with Crippen LogP contribution in [0, 0.1) is 0 Å². The maximum atomic E-state index is 12.4. The second kappa shape index (κ2) is 8.80. The Labute approximate surface area is 173 Å².